The Balaban J connectivity index is 0.000000332. The molecule has 118 heavy (non-hydrogen) atoms. The average molecular weight is 1610 g/mol. The lowest BCUT2D eigenvalue weighted by molar-refractivity contribution is 0.534. The molecule has 0 bridgehead atoms. The summed E-state index contributed by atoms with van der Waals surface area (Å²) in [5, 5.41) is 43.0. The van der Waals surface area contributed by atoms with Gasteiger partial charge in [0.25, 0.3) is 5.56 Å². The fourth-order valence-electron chi connectivity index (χ4n) is 8.45. The molecule has 2 aliphatic heterocycles. The second-order valence-corrected chi connectivity index (χ2v) is 25.5. The highest BCUT2D eigenvalue weighted by Crippen LogP contribution is 2.12. The Labute approximate surface area is 689 Å². The van der Waals surface area contributed by atoms with Crippen LogP contribution in [0.2, 0.25) is 0 Å². The molecular weight excluding hydrogens is 1500 g/mol. The number of guanidine groups is 2. The van der Waals surface area contributed by atoms with Crippen molar-refractivity contribution >= 4 is 35.1 Å². The average Bonchev–Trinajstić information content (AvgIpc) is 1.60. The number of rotatable bonds is 6. The van der Waals surface area contributed by atoms with Crippen LogP contribution in [0, 0.1) is 96.9 Å². The van der Waals surface area contributed by atoms with Crippen LogP contribution in [0.5, 0.6) is 0 Å². The maximum Gasteiger partial charge on any atom is 0.264 e. The summed E-state index contributed by atoms with van der Waals surface area (Å²) in [5.41, 5.74) is 37.9. The van der Waals surface area contributed by atoms with Gasteiger partial charge in [0.1, 0.15) is 36.4 Å². The Kier molecular flexibility index (Phi) is 48.2. The van der Waals surface area contributed by atoms with Crippen molar-refractivity contribution in [1.82, 2.24) is 151 Å². The lowest BCUT2D eigenvalue weighted by atomic mass is 10.1. The number of anilines is 4. The molecule has 2 aliphatic rings. The normalized spacial score (nSPS) is 10.6. The summed E-state index contributed by atoms with van der Waals surface area (Å²) in [5.74, 6) is 5.37. The molecule has 12 aromatic heterocycles. The number of nitrogen functional groups attached to an aromatic ring is 3. The second-order valence-electron chi connectivity index (χ2n) is 25.5. The standard InChI is InChI=1S/C12H17N3.C11H15N3.C7H11N3.C6H9N3.C6H8N2.2C5H7N3.C5H6N2O.C5H6N2.C4H7N3.3C4H6N2.C2H4N4/c1-10-5-3-4-6-11(10)9-14-12-13-7-8-15(12)2;1-9-4-2-3-5-10(9)8-14-11-12-6-7-13-11;1-6-7(10(2)3)4-8-5-9-6;1-5-6(2-7)3-8-4-9-5;1-5-3-4-7-6(2)8-5;1-4-5(6)2-7-3-8-4;1-4-2-3-5(6)8-7-4;1-4-2-3-5(8)7-6-4;1-5-2-3-6-7-4-5;1-3-2-6-4(5)7-3;1-4-2-5-3-6-4;1-6-3-2-5-4-6;1-4-5-2-3-6-4;1-2-3-5-6-4-2/h3-6H,7-9H2,1-2H3,(H,13,14);2-5H,6-8H2,1H3,(H2,12,13,14);4-5H,1-3H3;3-4H,2,7H2,1H3;3-4H,1-2H3;2-3H,6H2,1H3;2-3H,1H3,(H2,6,8);2-3H,1H3,(H,7,8);2-4H,1H3;2H,1H3,(H3,5,6,7);2-3H,1H3,(H,5,6);2-4H,1H3;2-3H,1H3,(H,5,6);1H3,(H,3,4,5,6). The fraction of sp³-hybridized carbons (Fsp3) is 0.312. The summed E-state index contributed by atoms with van der Waals surface area (Å²) < 4.78 is 1.89. The molecule has 0 radical (unpaired) electrons. The van der Waals surface area contributed by atoms with Gasteiger partial charge < -0.3 is 68.2 Å². The first kappa shape index (κ1) is 97.6. The number of nitrogens with zero attached hydrogens (tertiary/aromatic N) is 25. The quantitative estimate of drug-likeness (QED) is 0.0752. The van der Waals surface area contributed by atoms with Crippen molar-refractivity contribution in [2.75, 3.05) is 69.4 Å². The molecule has 14 heterocycles. The van der Waals surface area contributed by atoms with Crippen LogP contribution in [0.25, 0.3) is 0 Å². The van der Waals surface area contributed by atoms with Crippen molar-refractivity contribution in [2.24, 2.45) is 22.8 Å². The minimum atomic E-state index is -0.157. The monoisotopic (exact) mass is 1610 g/mol. The SMILES string of the molecule is Cc1ccc(=O)[nH]n1.Cc1ccc(N)nn1.Cc1ccccc1CNC1=NCCN1.Cc1ccccc1CNC1=NCCN1C.Cc1ccnc(C)n1.Cc1ccnnc1.Cc1cnc(N)[nH]1.Cc1cnc[nH]1.Cc1ncc[nH]1.Cc1ncncc1CN.Cc1ncncc1N.Cc1ncncc1N(C)C.Cc1nn[nH]n1.Cn1ccnc1. The fourth-order valence-corrected chi connectivity index (χ4v) is 8.45. The third-order valence-corrected chi connectivity index (χ3v) is 15.1. The van der Waals surface area contributed by atoms with E-state index in [1.807, 2.05) is 137 Å². The zero-order valence-electron chi connectivity index (χ0n) is 70.7. The number of likely N-dealkylation sites (N-methyl/N-ethyl adjacent to an activating group) is 1. The zero-order valence-corrected chi connectivity index (χ0v) is 70.7. The zero-order chi connectivity index (χ0) is 86.7. The van der Waals surface area contributed by atoms with Gasteiger partial charge in [0.05, 0.1) is 78.5 Å². The molecule has 2 aromatic carbocycles. The number of nitrogens with one attached hydrogen (secondary N) is 8. The number of imidazole rings is 4. The van der Waals surface area contributed by atoms with Crippen LogP contribution in [0.15, 0.2) is 206 Å². The van der Waals surface area contributed by atoms with E-state index < -0.39 is 0 Å². The van der Waals surface area contributed by atoms with Crippen LogP contribution >= 0.6 is 0 Å². The van der Waals surface area contributed by atoms with E-state index in [9.17, 15) is 4.79 Å². The molecule has 14 aromatic rings. The van der Waals surface area contributed by atoms with Crippen molar-refractivity contribution in [3.63, 3.8) is 0 Å². The number of nitrogens with two attached hydrogens (primary N) is 4. The van der Waals surface area contributed by atoms with Crippen molar-refractivity contribution in [1.29, 1.82) is 0 Å². The maximum absolute atomic E-state index is 10.3. The number of aryl methyl sites for hydroxylation is 15. The minimum absolute atomic E-state index is 0.157. The van der Waals surface area contributed by atoms with Gasteiger partial charge in [0.15, 0.2) is 23.7 Å². The van der Waals surface area contributed by atoms with E-state index in [4.69, 9.17) is 22.9 Å². The van der Waals surface area contributed by atoms with Gasteiger partial charge in [-0.25, -0.2) is 64.9 Å². The Hall–Kier alpha value is -14.6. The molecule has 0 aliphatic carbocycles. The third kappa shape index (κ3) is 46.4. The highest BCUT2D eigenvalue weighted by Gasteiger charge is 2.12. The molecule has 38 heteroatoms. The summed E-state index contributed by atoms with van der Waals surface area (Å²) in [4.78, 5) is 78.1. The van der Waals surface area contributed by atoms with E-state index >= 15 is 0 Å². The van der Waals surface area contributed by atoms with Gasteiger partial charge in [0, 0.05) is 151 Å². The van der Waals surface area contributed by atoms with Crippen molar-refractivity contribution in [2.45, 2.75) is 117 Å². The van der Waals surface area contributed by atoms with Gasteiger partial charge in [-0.2, -0.15) is 25.6 Å². The Morgan fingerprint density at radius 2 is 1.22 bits per heavy atom. The molecule has 0 atom stereocenters. The van der Waals surface area contributed by atoms with Gasteiger partial charge in [-0.3, -0.25) is 14.8 Å². The molecule has 16 N–H and O–H groups in total. The Morgan fingerprint density at radius 3 is 1.56 bits per heavy atom. The summed E-state index contributed by atoms with van der Waals surface area (Å²) >= 11 is 0. The van der Waals surface area contributed by atoms with Crippen molar-refractivity contribution < 1.29 is 0 Å². The van der Waals surface area contributed by atoms with Crippen LogP contribution in [0.3, 0.4) is 0 Å². The molecule has 0 unspecified atom stereocenters. The summed E-state index contributed by atoms with van der Waals surface area (Å²) in [6, 6.07) is 27.3. The molecule has 0 amide bonds. The van der Waals surface area contributed by atoms with E-state index in [-0.39, 0.29) is 5.56 Å². The van der Waals surface area contributed by atoms with E-state index in [0.717, 1.165) is 125 Å². The molecule has 0 fully saturated rings. The lowest BCUT2D eigenvalue weighted by Crippen LogP contribution is -2.35. The first-order valence-corrected chi connectivity index (χ1v) is 37.0. The molecule has 0 spiro atoms. The second kappa shape index (κ2) is 58.3. The molecule has 0 saturated carbocycles. The maximum atomic E-state index is 10.3. The highest BCUT2D eigenvalue weighted by atomic mass is 16.1. The van der Waals surface area contributed by atoms with Gasteiger partial charge in [0.2, 0.25) is 0 Å². The third-order valence-electron chi connectivity index (χ3n) is 15.1. The van der Waals surface area contributed by atoms with Crippen molar-refractivity contribution in [3.8, 4) is 0 Å². The van der Waals surface area contributed by atoms with Gasteiger partial charge in [-0.15, -0.1) is 15.3 Å². The van der Waals surface area contributed by atoms with E-state index in [1.165, 1.54) is 41.0 Å². The number of aliphatic imine (C=N–C) groups is 2. The molecule has 0 saturated heterocycles. The van der Waals surface area contributed by atoms with Crippen LogP contribution in [0.4, 0.5) is 23.1 Å². The molecule has 16 rings (SSSR count). The van der Waals surface area contributed by atoms with E-state index in [2.05, 4.69) is 226 Å². The smallest absolute Gasteiger partial charge is 0.264 e. The highest BCUT2D eigenvalue weighted by molar-refractivity contribution is 5.81. The largest absolute Gasteiger partial charge is 0.396 e. The summed E-state index contributed by atoms with van der Waals surface area (Å²) in [7, 11) is 7.96. The first-order chi connectivity index (χ1) is 56.6. The predicted molar refractivity (Wildman–Crippen MR) is 464 cm³/mol. The van der Waals surface area contributed by atoms with Crippen LogP contribution < -0.4 is 49.3 Å². The Morgan fingerprint density at radius 1 is 0.542 bits per heavy atom. The number of benzene rings is 2. The lowest BCUT2D eigenvalue weighted by Gasteiger charge is -2.15. The number of aromatic amines is 5. The van der Waals surface area contributed by atoms with Crippen LogP contribution in [-0.2, 0) is 26.7 Å². The predicted octanol–water partition coefficient (Wildman–Crippen LogP) is 7.88. The van der Waals surface area contributed by atoms with Crippen molar-refractivity contribution in [3.05, 3.63) is 298 Å². The summed E-state index contributed by atoms with van der Waals surface area (Å²) in [6.07, 6.45) is 28.9. The number of tetrazole rings is 1. The number of aromatic nitrogens is 26. The first-order valence-electron chi connectivity index (χ1n) is 37.0. The molecule has 626 valence electrons. The minimum Gasteiger partial charge on any atom is -0.396 e. The number of hydrogen-bond acceptors (Lipinski definition) is 32. The number of H-pyrrole nitrogens is 5. The van der Waals surface area contributed by atoms with Gasteiger partial charge in [-0.05, 0) is 155 Å². The van der Waals surface area contributed by atoms with Crippen LogP contribution in [0.1, 0.15) is 96.4 Å². The van der Waals surface area contributed by atoms with Gasteiger partial charge in [-0.1, -0.05) is 53.7 Å². The topological polar surface area (TPSA) is 530 Å². The van der Waals surface area contributed by atoms with E-state index in [0.29, 0.717) is 29.8 Å². The molecular formula is C80H115N37O. The van der Waals surface area contributed by atoms with Gasteiger partial charge >= 0.3 is 0 Å². The van der Waals surface area contributed by atoms with E-state index in [1.54, 1.807) is 100 Å². The van der Waals surface area contributed by atoms with Crippen LogP contribution in [-0.4, -0.2) is 195 Å². The Bertz CT molecular complexity index is 4750. The summed E-state index contributed by atoms with van der Waals surface area (Å²) in [6.45, 7) is 33.0. The number of hydrogen-bond donors (Lipinski definition) is 12. The molecule has 38 nitrogen and oxygen atoms in total.